The molecule has 1 atom stereocenters. The van der Waals surface area contributed by atoms with Gasteiger partial charge in [-0.2, -0.15) is 0 Å². The van der Waals surface area contributed by atoms with Crippen LogP contribution in [0.4, 0.5) is 10.2 Å². The number of anilines is 1. The minimum absolute atomic E-state index is 0. The highest BCUT2D eigenvalue weighted by atomic mass is 127. The van der Waals surface area contributed by atoms with Crippen LogP contribution >= 0.6 is 24.0 Å². The van der Waals surface area contributed by atoms with E-state index in [0.717, 1.165) is 37.4 Å². The molecule has 1 aliphatic rings. The van der Waals surface area contributed by atoms with Crippen LogP contribution in [0.25, 0.3) is 10.9 Å². The second-order valence-corrected chi connectivity index (χ2v) is 7.25. The number of halogens is 2. The summed E-state index contributed by atoms with van der Waals surface area (Å²) in [4.78, 5) is 14.2. The van der Waals surface area contributed by atoms with E-state index in [9.17, 15) is 4.39 Å². The van der Waals surface area contributed by atoms with E-state index in [1.165, 1.54) is 17.0 Å². The SMILES string of the molecule is CCNC(=NCCc1c[nH]c2ccccc12)NC1CCN(c2ncccc2F)C1.I. The zero-order valence-corrected chi connectivity index (χ0v) is 19.4. The maximum Gasteiger partial charge on any atom is 0.191 e. The molecule has 0 amide bonds. The Balaban J connectivity index is 0.00000256. The van der Waals surface area contributed by atoms with Gasteiger partial charge < -0.3 is 20.5 Å². The third-order valence-electron chi connectivity index (χ3n) is 5.24. The van der Waals surface area contributed by atoms with Crippen LogP contribution in [0, 0.1) is 5.82 Å². The fourth-order valence-electron chi connectivity index (χ4n) is 3.82. The fraction of sp³-hybridized carbons (Fsp3) is 0.364. The molecule has 3 N–H and O–H groups in total. The number of aromatic amines is 1. The predicted molar refractivity (Wildman–Crippen MR) is 131 cm³/mol. The maximum atomic E-state index is 14.0. The van der Waals surface area contributed by atoms with Gasteiger partial charge in [-0.05, 0) is 43.5 Å². The summed E-state index contributed by atoms with van der Waals surface area (Å²) < 4.78 is 14.0. The largest absolute Gasteiger partial charge is 0.361 e. The van der Waals surface area contributed by atoms with Gasteiger partial charge in [0.05, 0.1) is 0 Å². The molecule has 1 fully saturated rings. The molecular formula is C22H28FIN6. The second-order valence-electron chi connectivity index (χ2n) is 7.25. The maximum absolute atomic E-state index is 14.0. The molecule has 4 rings (SSSR count). The molecule has 1 aliphatic heterocycles. The van der Waals surface area contributed by atoms with Gasteiger partial charge in [-0.3, -0.25) is 4.99 Å². The molecule has 0 radical (unpaired) electrons. The molecule has 2 aromatic heterocycles. The summed E-state index contributed by atoms with van der Waals surface area (Å²) in [5.41, 5.74) is 2.43. The molecule has 1 saturated heterocycles. The smallest absolute Gasteiger partial charge is 0.191 e. The van der Waals surface area contributed by atoms with E-state index in [4.69, 9.17) is 4.99 Å². The molecule has 1 aromatic carbocycles. The van der Waals surface area contributed by atoms with E-state index in [-0.39, 0.29) is 35.8 Å². The number of guanidine groups is 1. The molecule has 0 bridgehead atoms. The van der Waals surface area contributed by atoms with Crippen molar-refractivity contribution < 1.29 is 4.39 Å². The van der Waals surface area contributed by atoms with E-state index >= 15 is 0 Å². The lowest BCUT2D eigenvalue weighted by atomic mass is 10.1. The summed E-state index contributed by atoms with van der Waals surface area (Å²) in [6.45, 7) is 5.04. The van der Waals surface area contributed by atoms with Crippen LogP contribution in [0.1, 0.15) is 18.9 Å². The minimum atomic E-state index is -0.271. The van der Waals surface area contributed by atoms with Gasteiger partial charge in [-0.15, -0.1) is 24.0 Å². The average molecular weight is 522 g/mol. The van der Waals surface area contributed by atoms with Gasteiger partial charge in [0.2, 0.25) is 0 Å². The first-order valence-corrected chi connectivity index (χ1v) is 10.2. The molecule has 6 nitrogen and oxygen atoms in total. The standard InChI is InChI=1S/C22H27FN6.HI/c1-2-24-22(26-12-9-16-14-27-20-8-4-3-6-18(16)20)28-17-10-13-29(15-17)21-19(23)7-5-11-25-21;/h3-8,11,14,17,27H,2,9-10,12-13,15H2,1H3,(H2,24,26,28);1H. The Morgan fingerprint density at radius 3 is 3.00 bits per heavy atom. The van der Waals surface area contributed by atoms with E-state index in [0.29, 0.717) is 18.9 Å². The number of aromatic nitrogens is 2. The molecular weight excluding hydrogens is 494 g/mol. The Morgan fingerprint density at radius 2 is 2.17 bits per heavy atom. The van der Waals surface area contributed by atoms with Crippen LogP contribution in [-0.4, -0.2) is 48.1 Å². The highest BCUT2D eigenvalue weighted by Gasteiger charge is 2.25. The van der Waals surface area contributed by atoms with Crippen molar-refractivity contribution in [2.75, 3.05) is 31.1 Å². The van der Waals surface area contributed by atoms with Crippen molar-refractivity contribution in [2.45, 2.75) is 25.8 Å². The van der Waals surface area contributed by atoms with Crippen molar-refractivity contribution in [3.8, 4) is 0 Å². The van der Waals surface area contributed by atoms with E-state index < -0.39 is 0 Å². The number of benzene rings is 1. The normalized spacial score (nSPS) is 16.5. The molecule has 160 valence electrons. The van der Waals surface area contributed by atoms with Crippen molar-refractivity contribution in [3.63, 3.8) is 0 Å². The van der Waals surface area contributed by atoms with Crippen molar-refractivity contribution in [3.05, 3.63) is 60.2 Å². The van der Waals surface area contributed by atoms with Gasteiger partial charge in [-0.25, -0.2) is 9.37 Å². The van der Waals surface area contributed by atoms with Gasteiger partial charge in [0, 0.05) is 55.5 Å². The van der Waals surface area contributed by atoms with E-state index in [1.807, 2.05) is 11.0 Å². The molecule has 8 heteroatoms. The van der Waals surface area contributed by atoms with Crippen molar-refractivity contribution in [1.29, 1.82) is 0 Å². The van der Waals surface area contributed by atoms with Crippen molar-refractivity contribution in [2.24, 2.45) is 4.99 Å². The molecule has 1 unspecified atom stereocenters. The van der Waals surface area contributed by atoms with Crippen LogP contribution in [0.15, 0.2) is 53.8 Å². The van der Waals surface area contributed by atoms with Crippen molar-refractivity contribution in [1.82, 2.24) is 20.6 Å². The van der Waals surface area contributed by atoms with Crippen LogP contribution in [0.2, 0.25) is 0 Å². The first-order chi connectivity index (χ1) is 14.2. The molecule has 0 aliphatic carbocycles. The Bertz CT molecular complexity index is 988. The number of aliphatic imine (C=N–C) groups is 1. The summed E-state index contributed by atoms with van der Waals surface area (Å²) in [7, 11) is 0. The minimum Gasteiger partial charge on any atom is -0.361 e. The summed E-state index contributed by atoms with van der Waals surface area (Å²) >= 11 is 0. The molecule has 0 spiro atoms. The molecule has 3 heterocycles. The van der Waals surface area contributed by atoms with Crippen LogP contribution in [0.5, 0.6) is 0 Å². The predicted octanol–water partition coefficient (Wildman–Crippen LogP) is 3.70. The first kappa shape index (κ1) is 22.3. The zero-order chi connectivity index (χ0) is 20.1. The Kier molecular flexibility index (Phi) is 7.89. The number of H-pyrrole nitrogens is 1. The number of nitrogens with zero attached hydrogens (tertiary/aromatic N) is 3. The number of nitrogens with one attached hydrogen (secondary N) is 3. The molecule has 3 aromatic rings. The second kappa shape index (κ2) is 10.6. The first-order valence-electron chi connectivity index (χ1n) is 10.2. The van der Waals surface area contributed by atoms with Crippen molar-refractivity contribution >= 4 is 46.7 Å². The van der Waals surface area contributed by atoms with E-state index in [1.54, 1.807) is 12.3 Å². The number of hydrogen-bond acceptors (Lipinski definition) is 3. The Hall–Kier alpha value is -2.36. The number of rotatable bonds is 6. The number of hydrogen-bond donors (Lipinski definition) is 3. The summed E-state index contributed by atoms with van der Waals surface area (Å²) in [6, 6.07) is 11.6. The lowest BCUT2D eigenvalue weighted by Crippen LogP contribution is -2.44. The van der Waals surface area contributed by atoms with E-state index in [2.05, 4.69) is 51.9 Å². The van der Waals surface area contributed by atoms with Gasteiger partial charge >= 0.3 is 0 Å². The molecule has 0 saturated carbocycles. The number of fused-ring (bicyclic) bond motifs is 1. The van der Waals surface area contributed by atoms with Crippen LogP contribution in [0.3, 0.4) is 0 Å². The number of pyridine rings is 1. The van der Waals surface area contributed by atoms with Crippen LogP contribution < -0.4 is 15.5 Å². The van der Waals surface area contributed by atoms with Gasteiger partial charge in [0.1, 0.15) is 0 Å². The quantitative estimate of drug-likeness (QED) is 0.263. The Morgan fingerprint density at radius 1 is 1.30 bits per heavy atom. The lowest BCUT2D eigenvalue weighted by molar-refractivity contribution is 0.612. The topological polar surface area (TPSA) is 68.3 Å². The van der Waals surface area contributed by atoms with Gasteiger partial charge in [0.25, 0.3) is 0 Å². The fourth-order valence-corrected chi connectivity index (χ4v) is 3.82. The number of para-hydroxylation sites is 1. The third kappa shape index (κ3) is 5.21. The van der Waals surface area contributed by atoms with Gasteiger partial charge in [-0.1, -0.05) is 18.2 Å². The molecule has 30 heavy (non-hydrogen) atoms. The lowest BCUT2D eigenvalue weighted by Gasteiger charge is -2.19. The highest BCUT2D eigenvalue weighted by Crippen LogP contribution is 2.21. The summed E-state index contributed by atoms with van der Waals surface area (Å²) in [6.07, 6.45) is 5.49. The Labute approximate surface area is 193 Å². The highest BCUT2D eigenvalue weighted by molar-refractivity contribution is 14.0. The summed E-state index contributed by atoms with van der Waals surface area (Å²) in [5, 5.41) is 8.06. The summed E-state index contributed by atoms with van der Waals surface area (Å²) in [5.74, 6) is 0.964. The third-order valence-corrected chi connectivity index (χ3v) is 5.24. The monoisotopic (exact) mass is 522 g/mol. The average Bonchev–Trinajstić information content (AvgIpc) is 3.36. The zero-order valence-electron chi connectivity index (χ0n) is 17.1. The van der Waals surface area contributed by atoms with Gasteiger partial charge in [0.15, 0.2) is 17.6 Å². The van der Waals surface area contributed by atoms with Crippen LogP contribution in [-0.2, 0) is 6.42 Å².